The molecule has 2 aromatic carbocycles. The SMILES string of the molecule is NS(=O)(=O)c1cncc(-c2cc3cccc(-c4ccccc4)c3c(NCc3ccccn3)n2)c1. The fourth-order valence-corrected chi connectivity index (χ4v) is 4.34. The highest BCUT2D eigenvalue weighted by Crippen LogP contribution is 2.36. The smallest absolute Gasteiger partial charge is 0.239 e. The first-order valence-corrected chi connectivity index (χ1v) is 12.1. The Hall–Kier alpha value is -4.14. The van der Waals surface area contributed by atoms with Gasteiger partial charge in [0.2, 0.25) is 10.0 Å². The van der Waals surface area contributed by atoms with Gasteiger partial charge in [-0.2, -0.15) is 0 Å². The molecule has 5 aromatic rings. The number of aromatic nitrogens is 3. The van der Waals surface area contributed by atoms with Crippen LogP contribution in [0.25, 0.3) is 33.2 Å². The molecule has 0 spiro atoms. The molecule has 7 nitrogen and oxygen atoms in total. The van der Waals surface area contributed by atoms with Crippen LogP contribution in [-0.2, 0) is 16.6 Å². The number of fused-ring (bicyclic) bond motifs is 1. The molecular weight excluding hydrogens is 446 g/mol. The average Bonchev–Trinajstić information content (AvgIpc) is 2.87. The number of anilines is 1. The second kappa shape index (κ2) is 9.01. The minimum Gasteiger partial charge on any atom is -0.364 e. The van der Waals surface area contributed by atoms with Gasteiger partial charge in [-0.15, -0.1) is 0 Å². The number of hydrogen-bond acceptors (Lipinski definition) is 6. The van der Waals surface area contributed by atoms with Gasteiger partial charge in [-0.05, 0) is 40.8 Å². The number of nitrogens with two attached hydrogens (primary N) is 1. The minimum absolute atomic E-state index is 0.0621. The summed E-state index contributed by atoms with van der Waals surface area (Å²) in [5, 5.41) is 10.7. The Morgan fingerprint density at radius 1 is 0.853 bits per heavy atom. The molecule has 3 aromatic heterocycles. The summed E-state index contributed by atoms with van der Waals surface area (Å²) in [5.74, 6) is 0.665. The van der Waals surface area contributed by atoms with E-state index in [-0.39, 0.29) is 4.90 Å². The molecule has 0 aliphatic rings. The topological polar surface area (TPSA) is 111 Å². The normalized spacial score (nSPS) is 11.4. The van der Waals surface area contributed by atoms with Crippen LogP contribution in [0, 0.1) is 0 Å². The Morgan fingerprint density at radius 3 is 2.44 bits per heavy atom. The Labute approximate surface area is 197 Å². The lowest BCUT2D eigenvalue weighted by atomic mass is 9.97. The Kier molecular flexibility index (Phi) is 5.75. The second-order valence-corrected chi connectivity index (χ2v) is 9.32. The summed E-state index contributed by atoms with van der Waals surface area (Å²) in [6, 6.07) is 25.3. The first-order chi connectivity index (χ1) is 16.5. The van der Waals surface area contributed by atoms with E-state index < -0.39 is 10.0 Å². The van der Waals surface area contributed by atoms with Crippen LogP contribution in [0.5, 0.6) is 0 Å². The standard InChI is InChI=1S/C26H21N5O2S/c27-34(32,33)22-13-20(15-28-17-22)24-14-19-9-6-11-23(18-7-2-1-3-8-18)25(19)26(31-24)30-16-21-10-4-5-12-29-21/h1-15,17H,16H2,(H,30,31)(H2,27,32,33). The maximum atomic E-state index is 11.9. The van der Waals surface area contributed by atoms with Gasteiger partial charge in [0.25, 0.3) is 0 Å². The highest BCUT2D eigenvalue weighted by Gasteiger charge is 2.15. The quantitative estimate of drug-likeness (QED) is 0.377. The van der Waals surface area contributed by atoms with Crippen LogP contribution in [0.1, 0.15) is 5.69 Å². The maximum absolute atomic E-state index is 11.9. The average molecular weight is 468 g/mol. The predicted octanol–water partition coefficient (Wildman–Crippen LogP) is 4.62. The van der Waals surface area contributed by atoms with Crippen molar-refractivity contribution in [2.75, 3.05) is 5.32 Å². The summed E-state index contributed by atoms with van der Waals surface area (Å²) in [5.41, 5.74) is 4.12. The van der Waals surface area contributed by atoms with E-state index in [1.807, 2.05) is 54.6 Å². The third-order valence-corrected chi connectivity index (χ3v) is 6.32. The van der Waals surface area contributed by atoms with Crippen molar-refractivity contribution in [3.8, 4) is 22.4 Å². The van der Waals surface area contributed by atoms with E-state index in [2.05, 4.69) is 33.5 Å². The molecule has 0 saturated heterocycles. The molecule has 168 valence electrons. The van der Waals surface area contributed by atoms with Crippen molar-refractivity contribution in [3.05, 3.63) is 103 Å². The largest absolute Gasteiger partial charge is 0.364 e. The number of nitrogens with one attached hydrogen (secondary N) is 1. The summed E-state index contributed by atoms with van der Waals surface area (Å²) in [6.45, 7) is 0.477. The first kappa shape index (κ1) is 21.7. The lowest BCUT2D eigenvalue weighted by Gasteiger charge is -2.15. The highest BCUT2D eigenvalue weighted by atomic mass is 32.2. The summed E-state index contributed by atoms with van der Waals surface area (Å²) in [7, 11) is -3.89. The van der Waals surface area contributed by atoms with Gasteiger partial charge in [-0.1, -0.05) is 54.6 Å². The number of hydrogen-bond donors (Lipinski definition) is 2. The van der Waals surface area contributed by atoms with Crippen LogP contribution in [0.4, 0.5) is 5.82 Å². The Balaban J connectivity index is 1.69. The number of rotatable bonds is 6. The molecule has 0 saturated carbocycles. The molecular formula is C26H21N5O2S. The number of nitrogens with zero attached hydrogens (tertiary/aromatic N) is 3. The zero-order valence-corrected chi connectivity index (χ0v) is 18.9. The number of benzene rings is 2. The molecule has 3 N–H and O–H groups in total. The van der Waals surface area contributed by atoms with Crippen LogP contribution in [0.15, 0.2) is 102 Å². The summed E-state index contributed by atoms with van der Waals surface area (Å²) >= 11 is 0. The summed E-state index contributed by atoms with van der Waals surface area (Å²) in [6.07, 6.45) is 4.55. The van der Waals surface area contributed by atoms with E-state index >= 15 is 0 Å². The fourth-order valence-electron chi connectivity index (χ4n) is 3.84. The Bertz CT molecular complexity index is 1570. The van der Waals surface area contributed by atoms with Crippen LogP contribution in [-0.4, -0.2) is 23.4 Å². The van der Waals surface area contributed by atoms with Gasteiger partial charge < -0.3 is 5.32 Å². The lowest BCUT2D eigenvalue weighted by Crippen LogP contribution is -2.12. The van der Waals surface area contributed by atoms with Gasteiger partial charge >= 0.3 is 0 Å². The lowest BCUT2D eigenvalue weighted by molar-refractivity contribution is 0.597. The second-order valence-electron chi connectivity index (χ2n) is 7.75. The van der Waals surface area contributed by atoms with E-state index in [0.717, 1.165) is 27.6 Å². The molecule has 0 bridgehead atoms. The van der Waals surface area contributed by atoms with E-state index in [4.69, 9.17) is 10.1 Å². The van der Waals surface area contributed by atoms with Crippen molar-refractivity contribution < 1.29 is 8.42 Å². The molecule has 3 heterocycles. The number of pyridine rings is 3. The minimum atomic E-state index is -3.89. The summed E-state index contributed by atoms with van der Waals surface area (Å²) in [4.78, 5) is 13.3. The predicted molar refractivity (Wildman–Crippen MR) is 133 cm³/mol. The van der Waals surface area contributed by atoms with Crippen LogP contribution < -0.4 is 10.5 Å². The third-order valence-electron chi connectivity index (χ3n) is 5.44. The van der Waals surface area contributed by atoms with Crippen LogP contribution >= 0.6 is 0 Å². The molecule has 34 heavy (non-hydrogen) atoms. The molecule has 0 atom stereocenters. The van der Waals surface area contributed by atoms with Gasteiger partial charge in [-0.25, -0.2) is 18.5 Å². The maximum Gasteiger partial charge on any atom is 0.239 e. The molecule has 8 heteroatoms. The molecule has 0 fully saturated rings. The van der Waals surface area contributed by atoms with Gasteiger partial charge in [0, 0.05) is 29.5 Å². The van der Waals surface area contributed by atoms with Gasteiger partial charge in [0.15, 0.2) is 0 Å². The van der Waals surface area contributed by atoms with Crippen molar-refractivity contribution in [3.63, 3.8) is 0 Å². The van der Waals surface area contributed by atoms with Crippen molar-refractivity contribution in [1.29, 1.82) is 0 Å². The molecule has 5 rings (SSSR count). The van der Waals surface area contributed by atoms with Gasteiger partial charge in [0.1, 0.15) is 10.7 Å². The van der Waals surface area contributed by atoms with Crippen LogP contribution in [0.3, 0.4) is 0 Å². The number of primary sulfonamides is 1. The molecule has 0 aliphatic carbocycles. The molecule has 0 amide bonds. The van der Waals surface area contributed by atoms with Crippen molar-refractivity contribution in [2.24, 2.45) is 5.14 Å². The fraction of sp³-hybridized carbons (Fsp3) is 0.0385. The van der Waals surface area contributed by atoms with Crippen LogP contribution in [0.2, 0.25) is 0 Å². The molecule has 0 unspecified atom stereocenters. The van der Waals surface area contributed by atoms with Gasteiger partial charge in [-0.3, -0.25) is 9.97 Å². The third kappa shape index (κ3) is 4.50. The monoisotopic (exact) mass is 467 g/mol. The van der Waals surface area contributed by atoms with Crippen molar-refractivity contribution >= 4 is 26.6 Å². The zero-order valence-electron chi connectivity index (χ0n) is 18.1. The van der Waals surface area contributed by atoms with Crippen molar-refractivity contribution in [2.45, 2.75) is 11.4 Å². The van der Waals surface area contributed by atoms with E-state index in [1.165, 1.54) is 12.3 Å². The zero-order chi connectivity index (χ0) is 23.5. The van der Waals surface area contributed by atoms with E-state index in [1.54, 1.807) is 12.4 Å². The van der Waals surface area contributed by atoms with Crippen molar-refractivity contribution in [1.82, 2.24) is 15.0 Å². The van der Waals surface area contributed by atoms with Gasteiger partial charge in [0.05, 0.1) is 17.9 Å². The Morgan fingerprint density at radius 2 is 1.68 bits per heavy atom. The summed E-state index contributed by atoms with van der Waals surface area (Å²) < 4.78 is 23.7. The number of sulfonamides is 1. The first-order valence-electron chi connectivity index (χ1n) is 10.6. The van der Waals surface area contributed by atoms with E-state index in [0.29, 0.717) is 23.6 Å². The molecule has 0 aliphatic heterocycles. The highest BCUT2D eigenvalue weighted by molar-refractivity contribution is 7.89. The molecule has 0 radical (unpaired) electrons. The van der Waals surface area contributed by atoms with E-state index in [9.17, 15) is 8.42 Å².